The summed E-state index contributed by atoms with van der Waals surface area (Å²) in [5.74, 6) is 2.38. The van der Waals surface area contributed by atoms with Crippen molar-refractivity contribution in [1.29, 1.82) is 0 Å². The van der Waals surface area contributed by atoms with Crippen molar-refractivity contribution in [2.45, 2.75) is 72.3 Å². The fourth-order valence-electron chi connectivity index (χ4n) is 6.14. The van der Waals surface area contributed by atoms with Gasteiger partial charge in [-0.2, -0.15) is 4.98 Å². The number of nitrogens with one attached hydrogen (secondary N) is 2. The van der Waals surface area contributed by atoms with Gasteiger partial charge in [0.25, 0.3) is 0 Å². The maximum atomic E-state index is 12.0. The summed E-state index contributed by atoms with van der Waals surface area (Å²) in [7, 11) is 0. The first-order valence-corrected chi connectivity index (χ1v) is 13.3. The van der Waals surface area contributed by atoms with E-state index in [0.717, 1.165) is 82.2 Å². The molecule has 194 valence electrons. The first kappa shape index (κ1) is 24.7. The van der Waals surface area contributed by atoms with Gasteiger partial charge in [0.2, 0.25) is 11.9 Å². The van der Waals surface area contributed by atoms with E-state index in [1.54, 1.807) is 0 Å². The maximum absolute atomic E-state index is 12.0. The molecule has 9 nitrogen and oxygen atoms in total. The molecule has 0 bridgehead atoms. The predicted octanol–water partition coefficient (Wildman–Crippen LogP) is 3.40. The lowest BCUT2D eigenvalue weighted by atomic mass is 9.76. The van der Waals surface area contributed by atoms with Crippen LogP contribution < -0.4 is 10.2 Å². The van der Waals surface area contributed by atoms with Crippen LogP contribution in [0.25, 0.3) is 0 Å². The second-order valence-corrected chi connectivity index (χ2v) is 12.3. The van der Waals surface area contributed by atoms with Crippen LogP contribution in [-0.2, 0) is 24.1 Å². The minimum Gasteiger partial charge on any atom is -0.367 e. The standard InChI is InChI=1S/C27H40N8O/c1-6-23(36)35-16-27(17-35)9-10-34(15-27)25-30-22-13-26(4,5)8-7-21(22)24(31-25)29-19(11-18(2)3)12-20-14-28-33-32-20/h6,14,18-19H,1,7-13,15-17H2,2-5H3,(H,28,32,33)(H,29,30,31)/t19-/m0/s1. The number of anilines is 2. The molecular weight excluding hydrogens is 452 g/mol. The van der Waals surface area contributed by atoms with Crippen molar-refractivity contribution in [3.8, 4) is 0 Å². The summed E-state index contributed by atoms with van der Waals surface area (Å²) < 4.78 is 0. The summed E-state index contributed by atoms with van der Waals surface area (Å²) in [4.78, 5) is 26.5. The van der Waals surface area contributed by atoms with Crippen LogP contribution in [-0.4, -0.2) is 68.4 Å². The molecule has 36 heavy (non-hydrogen) atoms. The Morgan fingerprint density at radius 3 is 2.75 bits per heavy atom. The highest BCUT2D eigenvalue weighted by atomic mass is 16.2. The van der Waals surface area contributed by atoms with Crippen molar-refractivity contribution in [2.75, 3.05) is 36.4 Å². The molecule has 9 heteroatoms. The van der Waals surface area contributed by atoms with Gasteiger partial charge in [-0.3, -0.25) is 9.89 Å². The highest BCUT2D eigenvalue weighted by Gasteiger charge is 2.49. The number of H-pyrrole nitrogens is 1. The molecule has 0 radical (unpaired) electrons. The summed E-state index contributed by atoms with van der Waals surface area (Å²) in [6, 6.07) is 0.215. The molecule has 0 aromatic carbocycles. The van der Waals surface area contributed by atoms with Crippen LogP contribution in [0.3, 0.4) is 0 Å². The predicted molar refractivity (Wildman–Crippen MR) is 141 cm³/mol. The summed E-state index contributed by atoms with van der Waals surface area (Å²) in [6.45, 7) is 16.2. The Bertz CT molecular complexity index is 1100. The highest BCUT2D eigenvalue weighted by Crippen LogP contribution is 2.42. The van der Waals surface area contributed by atoms with Gasteiger partial charge in [0.1, 0.15) is 5.82 Å². The summed E-state index contributed by atoms with van der Waals surface area (Å²) in [6.07, 6.45) is 9.26. The smallest absolute Gasteiger partial charge is 0.245 e. The molecule has 2 N–H and O–H groups in total. The number of nitrogens with zero attached hydrogens (tertiary/aromatic N) is 6. The Kier molecular flexibility index (Phi) is 6.51. The second kappa shape index (κ2) is 9.48. The lowest BCUT2D eigenvalue weighted by molar-refractivity contribution is -0.136. The third-order valence-electron chi connectivity index (χ3n) is 8.06. The number of amides is 1. The number of aromatic amines is 1. The SMILES string of the molecule is C=CC(=O)N1CC2(CCN(c3nc4c(c(N[C@H](Cc5c[nH]nn5)CC(C)C)n3)CCC(C)(C)C4)C2)C1. The molecule has 1 amide bonds. The molecule has 2 fully saturated rings. The van der Waals surface area contributed by atoms with E-state index in [9.17, 15) is 4.79 Å². The van der Waals surface area contributed by atoms with Crippen LogP contribution in [0.1, 0.15) is 63.9 Å². The normalized spacial score (nSPS) is 20.8. The van der Waals surface area contributed by atoms with Crippen LogP contribution in [0.5, 0.6) is 0 Å². The zero-order valence-electron chi connectivity index (χ0n) is 22.2. The zero-order chi connectivity index (χ0) is 25.5. The van der Waals surface area contributed by atoms with Gasteiger partial charge in [0.05, 0.1) is 11.4 Å². The lowest BCUT2D eigenvalue weighted by Gasteiger charge is -2.47. The summed E-state index contributed by atoms with van der Waals surface area (Å²) in [5.41, 5.74) is 3.80. The van der Waals surface area contributed by atoms with E-state index in [4.69, 9.17) is 9.97 Å². The van der Waals surface area contributed by atoms with Crippen LogP contribution in [0.15, 0.2) is 18.9 Å². The summed E-state index contributed by atoms with van der Waals surface area (Å²) in [5, 5.41) is 14.8. The number of hydrogen-bond acceptors (Lipinski definition) is 7. The molecule has 1 atom stereocenters. The van der Waals surface area contributed by atoms with Gasteiger partial charge in [-0.15, -0.1) is 5.10 Å². The van der Waals surface area contributed by atoms with Crippen molar-refractivity contribution in [1.82, 2.24) is 30.3 Å². The Labute approximate surface area is 214 Å². The van der Waals surface area contributed by atoms with Gasteiger partial charge >= 0.3 is 0 Å². The van der Waals surface area contributed by atoms with E-state index in [-0.39, 0.29) is 22.8 Å². The molecule has 1 spiro atoms. The van der Waals surface area contributed by atoms with E-state index in [2.05, 4.69) is 59.9 Å². The maximum Gasteiger partial charge on any atom is 0.245 e. The van der Waals surface area contributed by atoms with E-state index in [0.29, 0.717) is 5.92 Å². The highest BCUT2D eigenvalue weighted by molar-refractivity contribution is 5.87. The average molecular weight is 493 g/mol. The summed E-state index contributed by atoms with van der Waals surface area (Å²) >= 11 is 0. The van der Waals surface area contributed by atoms with E-state index < -0.39 is 0 Å². The fraction of sp³-hybridized carbons (Fsp3) is 0.667. The largest absolute Gasteiger partial charge is 0.367 e. The van der Waals surface area contributed by atoms with Crippen molar-refractivity contribution in [3.63, 3.8) is 0 Å². The molecule has 2 saturated heterocycles. The molecule has 5 rings (SSSR count). The third-order valence-corrected chi connectivity index (χ3v) is 8.06. The number of rotatable bonds is 8. The molecule has 1 aliphatic carbocycles. The van der Waals surface area contributed by atoms with E-state index in [1.165, 1.54) is 17.3 Å². The topological polar surface area (TPSA) is 103 Å². The number of hydrogen-bond donors (Lipinski definition) is 2. The number of carbonyl (C=O) groups excluding carboxylic acids is 1. The molecule has 2 aromatic rings. The monoisotopic (exact) mass is 492 g/mol. The van der Waals surface area contributed by atoms with Crippen molar-refractivity contribution < 1.29 is 4.79 Å². The first-order chi connectivity index (χ1) is 17.2. The lowest BCUT2D eigenvalue weighted by Crippen LogP contribution is -2.59. The van der Waals surface area contributed by atoms with Crippen molar-refractivity contribution >= 4 is 17.7 Å². The Morgan fingerprint density at radius 2 is 2.06 bits per heavy atom. The molecule has 0 unspecified atom stereocenters. The van der Waals surface area contributed by atoms with Gasteiger partial charge in [-0.25, -0.2) is 4.98 Å². The van der Waals surface area contributed by atoms with Crippen LogP contribution >= 0.6 is 0 Å². The van der Waals surface area contributed by atoms with Crippen molar-refractivity contribution in [3.05, 3.63) is 35.8 Å². The fourth-order valence-corrected chi connectivity index (χ4v) is 6.14. The Hall–Kier alpha value is -2.97. The molecule has 3 aliphatic rings. The number of likely N-dealkylation sites (tertiary alicyclic amines) is 1. The van der Waals surface area contributed by atoms with Gasteiger partial charge in [0.15, 0.2) is 0 Å². The van der Waals surface area contributed by atoms with Crippen LogP contribution in [0, 0.1) is 16.7 Å². The molecule has 2 aromatic heterocycles. The quantitative estimate of drug-likeness (QED) is 0.545. The Balaban J connectivity index is 1.40. The second-order valence-electron chi connectivity index (χ2n) is 12.3. The zero-order valence-corrected chi connectivity index (χ0v) is 22.2. The number of fused-ring (bicyclic) bond motifs is 1. The molecular formula is C27H40N8O. The van der Waals surface area contributed by atoms with Gasteiger partial charge in [-0.05, 0) is 49.5 Å². The minimum atomic E-state index is 0.0288. The molecule has 4 heterocycles. The van der Waals surface area contributed by atoms with E-state index in [1.807, 2.05) is 11.1 Å². The molecule has 0 saturated carbocycles. The van der Waals surface area contributed by atoms with Gasteiger partial charge in [-0.1, -0.05) is 39.5 Å². The number of carbonyl (C=O) groups is 1. The number of aromatic nitrogens is 5. The van der Waals surface area contributed by atoms with Crippen LogP contribution in [0.4, 0.5) is 11.8 Å². The van der Waals surface area contributed by atoms with Crippen LogP contribution in [0.2, 0.25) is 0 Å². The van der Waals surface area contributed by atoms with Gasteiger partial charge < -0.3 is 15.1 Å². The third kappa shape index (κ3) is 5.11. The van der Waals surface area contributed by atoms with Gasteiger partial charge in [0, 0.05) is 55.8 Å². The molecule has 2 aliphatic heterocycles. The van der Waals surface area contributed by atoms with E-state index >= 15 is 0 Å². The average Bonchev–Trinajstić information content (AvgIpc) is 3.46. The van der Waals surface area contributed by atoms with Crippen molar-refractivity contribution in [2.24, 2.45) is 16.7 Å². The minimum absolute atomic E-state index is 0.0288. The first-order valence-electron chi connectivity index (χ1n) is 13.3. The Morgan fingerprint density at radius 1 is 1.25 bits per heavy atom.